The molecule has 0 aliphatic heterocycles. The van der Waals surface area contributed by atoms with Crippen molar-refractivity contribution < 1.29 is 22.7 Å². The first-order chi connectivity index (χ1) is 7.54. The molecule has 0 amide bonds. The predicted molar refractivity (Wildman–Crippen MR) is 60.6 cm³/mol. The number of hydrogen-bond donors (Lipinski definition) is 0. The molecule has 0 saturated heterocycles. The zero-order valence-electron chi connectivity index (χ0n) is 7.84. The molecule has 0 bridgehead atoms. The number of halogens is 4. The van der Waals surface area contributed by atoms with E-state index in [1.807, 2.05) is 22.6 Å². The van der Waals surface area contributed by atoms with Crippen molar-refractivity contribution in [3.05, 3.63) is 41.9 Å². The third kappa shape index (κ3) is 3.51. The Kier molecular flexibility index (Phi) is 4.78. The molecule has 0 fully saturated rings. The molecule has 6 heteroatoms. The first-order valence-corrected chi connectivity index (χ1v) is 5.65. The van der Waals surface area contributed by atoms with Gasteiger partial charge < -0.3 is 4.74 Å². The molecule has 86 valence electrons. The summed E-state index contributed by atoms with van der Waals surface area (Å²) in [7, 11) is 0. The third-order valence-corrected chi connectivity index (χ3v) is 2.35. The number of Topliss-reactive ketones (excluding diaryl/α,β-unsaturated/α-hetero) is 1. The Labute approximate surface area is 103 Å². The molecular formula is C10H6F3IO2. The zero-order valence-corrected chi connectivity index (χ0v) is 10.0. The maximum atomic E-state index is 12.4. The van der Waals surface area contributed by atoms with Crippen molar-refractivity contribution in [1.29, 1.82) is 0 Å². The molecule has 0 spiro atoms. The maximum absolute atomic E-state index is 12.4. The van der Waals surface area contributed by atoms with Gasteiger partial charge in [-0.1, -0.05) is 22.6 Å². The van der Waals surface area contributed by atoms with Crippen molar-refractivity contribution in [1.82, 2.24) is 0 Å². The van der Waals surface area contributed by atoms with Crippen molar-refractivity contribution >= 4 is 28.4 Å². The molecule has 0 saturated carbocycles. The van der Waals surface area contributed by atoms with E-state index in [1.54, 1.807) is 0 Å². The first-order valence-electron chi connectivity index (χ1n) is 4.12. The number of carbonyl (C=O) groups excluding carboxylic acids is 1. The summed E-state index contributed by atoms with van der Waals surface area (Å²) >= 11 is 1.91. The summed E-state index contributed by atoms with van der Waals surface area (Å²) in [6, 6.07) is 3.34. The zero-order chi connectivity index (χ0) is 12.1. The third-order valence-electron chi connectivity index (χ3n) is 1.65. The lowest BCUT2D eigenvalue weighted by molar-refractivity contribution is 0.102. The van der Waals surface area contributed by atoms with Crippen molar-refractivity contribution in [2.45, 2.75) is 0 Å². The van der Waals surface area contributed by atoms with Crippen LogP contribution < -0.4 is 4.74 Å². The Hall–Kier alpha value is -1.05. The highest BCUT2D eigenvalue weighted by Crippen LogP contribution is 2.19. The molecule has 0 radical (unpaired) electrons. The Balaban J connectivity index is 2.80. The normalized spacial score (nSPS) is 9.75. The van der Waals surface area contributed by atoms with Crippen LogP contribution in [0.4, 0.5) is 13.2 Å². The van der Waals surface area contributed by atoms with Gasteiger partial charge in [-0.05, 0) is 24.3 Å². The SMILES string of the molecule is O=C(CI)c1ccc(OC(F)=C(F)F)cc1. The molecule has 1 aromatic rings. The number of alkyl halides is 1. The number of benzene rings is 1. The van der Waals surface area contributed by atoms with Crippen molar-refractivity contribution in [3.63, 3.8) is 0 Å². The molecule has 0 aliphatic rings. The van der Waals surface area contributed by atoms with Gasteiger partial charge >= 0.3 is 12.1 Å². The Bertz CT molecular complexity index is 411. The van der Waals surface area contributed by atoms with Gasteiger partial charge in [0.05, 0.1) is 4.43 Å². The maximum Gasteiger partial charge on any atom is 0.344 e. The lowest BCUT2D eigenvalue weighted by Crippen LogP contribution is -1.99. The second kappa shape index (κ2) is 5.88. The quantitative estimate of drug-likeness (QED) is 0.361. The topological polar surface area (TPSA) is 26.3 Å². The first kappa shape index (κ1) is 13.0. The average Bonchev–Trinajstić information content (AvgIpc) is 2.28. The van der Waals surface area contributed by atoms with Crippen molar-refractivity contribution in [2.75, 3.05) is 4.43 Å². The van der Waals surface area contributed by atoms with E-state index in [9.17, 15) is 18.0 Å². The molecule has 0 atom stereocenters. The van der Waals surface area contributed by atoms with Crippen molar-refractivity contribution in [2.24, 2.45) is 0 Å². The summed E-state index contributed by atoms with van der Waals surface area (Å²) in [5.74, 6) is -0.185. The molecule has 0 N–H and O–H groups in total. The molecule has 0 aromatic heterocycles. The van der Waals surface area contributed by atoms with Crippen LogP contribution in [0.3, 0.4) is 0 Å². The van der Waals surface area contributed by atoms with Crippen LogP contribution in [0.1, 0.15) is 10.4 Å². The second-order valence-corrected chi connectivity index (χ2v) is 3.48. The molecule has 0 aliphatic carbocycles. The van der Waals surface area contributed by atoms with Crippen LogP contribution >= 0.6 is 22.6 Å². The fourth-order valence-electron chi connectivity index (χ4n) is 0.928. The summed E-state index contributed by atoms with van der Waals surface area (Å²) in [5.41, 5.74) is 0.423. The van der Waals surface area contributed by atoms with Crippen molar-refractivity contribution in [3.8, 4) is 5.75 Å². The average molecular weight is 342 g/mol. The van der Waals surface area contributed by atoms with Crippen LogP contribution in [-0.4, -0.2) is 10.2 Å². The summed E-state index contributed by atoms with van der Waals surface area (Å²) in [5, 5.41) is 0. The van der Waals surface area contributed by atoms with Gasteiger partial charge in [0.15, 0.2) is 5.78 Å². The minimum absolute atomic E-state index is 0.0877. The van der Waals surface area contributed by atoms with Gasteiger partial charge in [-0.3, -0.25) is 4.79 Å². The summed E-state index contributed by atoms with van der Waals surface area (Å²) in [6.45, 7) is 0. The van der Waals surface area contributed by atoms with Crippen LogP contribution in [-0.2, 0) is 0 Å². The summed E-state index contributed by atoms with van der Waals surface area (Å²) < 4.78 is 40.3. The minimum atomic E-state index is -2.52. The van der Waals surface area contributed by atoms with E-state index in [1.165, 1.54) is 24.3 Å². The molecule has 1 rings (SSSR count). The Morgan fingerprint density at radius 2 is 1.75 bits per heavy atom. The van der Waals surface area contributed by atoms with E-state index in [0.717, 1.165) is 0 Å². The number of ketones is 1. The van der Waals surface area contributed by atoms with Crippen LogP contribution in [0.25, 0.3) is 0 Å². The lowest BCUT2D eigenvalue weighted by Gasteiger charge is -2.02. The van der Waals surface area contributed by atoms with Gasteiger partial charge in [0.1, 0.15) is 5.75 Å². The van der Waals surface area contributed by atoms with Gasteiger partial charge in [0, 0.05) is 5.56 Å². The van der Waals surface area contributed by atoms with Gasteiger partial charge in [-0.15, -0.1) is 0 Å². The van der Waals surface area contributed by atoms with E-state index in [2.05, 4.69) is 4.74 Å². The predicted octanol–water partition coefficient (Wildman–Crippen LogP) is 3.72. The fourth-order valence-corrected chi connectivity index (χ4v) is 1.37. The Morgan fingerprint density at radius 1 is 1.19 bits per heavy atom. The van der Waals surface area contributed by atoms with Gasteiger partial charge in [0.2, 0.25) is 0 Å². The molecule has 1 aromatic carbocycles. The number of hydrogen-bond acceptors (Lipinski definition) is 2. The number of carbonyl (C=O) groups is 1. The van der Waals surface area contributed by atoms with Crippen LogP contribution in [0.2, 0.25) is 0 Å². The van der Waals surface area contributed by atoms with Crippen LogP contribution in [0, 0.1) is 0 Å². The standard InChI is InChI=1S/C10H6F3IO2/c11-9(12)10(13)16-7-3-1-6(2-4-7)8(15)5-14/h1-4H,5H2. The van der Waals surface area contributed by atoms with E-state index >= 15 is 0 Å². The molecule has 0 unspecified atom stereocenters. The lowest BCUT2D eigenvalue weighted by atomic mass is 10.1. The second-order valence-electron chi connectivity index (χ2n) is 2.72. The van der Waals surface area contributed by atoms with E-state index in [4.69, 9.17) is 0 Å². The smallest absolute Gasteiger partial charge is 0.344 e. The van der Waals surface area contributed by atoms with E-state index in [-0.39, 0.29) is 11.5 Å². The van der Waals surface area contributed by atoms with Gasteiger partial charge in [0.25, 0.3) is 0 Å². The molecule has 0 heterocycles. The fraction of sp³-hybridized carbons (Fsp3) is 0.100. The van der Waals surface area contributed by atoms with Gasteiger partial charge in [-0.2, -0.15) is 13.2 Å². The minimum Gasteiger partial charge on any atom is -0.428 e. The van der Waals surface area contributed by atoms with Crippen LogP contribution in [0.15, 0.2) is 36.4 Å². The highest BCUT2D eigenvalue weighted by molar-refractivity contribution is 14.1. The molecule has 16 heavy (non-hydrogen) atoms. The summed E-state index contributed by atoms with van der Waals surface area (Å²) in [6.07, 6.45) is -2.52. The monoisotopic (exact) mass is 342 g/mol. The molecular weight excluding hydrogens is 336 g/mol. The molecule has 2 nitrogen and oxygen atoms in total. The van der Waals surface area contributed by atoms with Gasteiger partial charge in [-0.25, -0.2) is 0 Å². The Morgan fingerprint density at radius 3 is 2.19 bits per heavy atom. The number of rotatable bonds is 4. The highest BCUT2D eigenvalue weighted by Gasteiger charge is 2.08. The largest absolute Gasteiger partial charge is 0.428 e. The van der Waals surface area contributed by atoms with Crippen LogP contribution in [0.5, 0.6) is 5.75 Å². The number of ether oxygens (including phenoxy) is 1. The summed E-state index contributed by atoms with van der Waals surface area (Å²) in [4.78, 5) is 11.2. The van der Waals surface area contributed by atoms with E-state index < -0.39 is 12.1 Å². The highest BCUT2D eigenvalue weighted by atomic mass is 127. The van der Waals surface area contributed by atoms with E-state index in [0.29, 0.717) is 9.99 Å².